The fourth-order valence-corrected chi connectivity index (χ4v) is 6.23. The van der Waals surface area contributed by atoms with Crippen LogP contribution >= 0.6 is 11.3 Å². The zero-order valence-corrected chi connectivity index (χ0v) is 17.5. The second-order valence-electron chi connectivity index (χ2n) is 8.35. The van der Waals surface area contributed by atoms with Crippen molar-refractivity contribution in [1.82, 2.24) is 14.3 Å². The van der Waals surface area contributed by atoms with E-state index in [0.29, 0.717) is 50.4 Å². The average molecular weight is 426 g/mol. The van der Waals surface area contributed by atoms with E-state index in [4.69, 9.17) is 14.5 Å². The minimum absolute atomic E-state index is 0.0607. The third-order valence-corrected chi connectivity index (χ3v) is 7.79. The van der Waals surface area contributed by atoms with E-state index in [1.165, 1.54) is 16.9 Å². The summed E-state index contributed by atoms with van der Waals surface area (Å²) in [4.78, 5) is 35.1. The lowest BCUT2D eigenvalue weighted by Crippen LogP contribution is -2.47. The molecular formula is C22H23N3O4S. The van der Waals surface area contributed by atoms with Gasteiger partial charge < -0.3 is 14.4 Å². The smallest absolute Gasteiger partial charge is 0.266 e. The summed E-state index contributed by atoms with van der Waals surface area (Å²) in [5.74, 6) is -0.575. The van der Waals surface area contributed by atoms with Crippen LogP contribution in [0.15, 0.2) is 23.1 Å². The van der Waals surface area contributed by atoms with Crippen LogP contribution in [0.5, 0.6) is 0 Å². The van der Waals surface area contributed by atoms with Gasteiger partial charge in [-0.25, -0.2) is 4.98 Å². The third kappa shape index (κ3) is 2.81. The quantitative estimate of drug-likeness (QED) is 0.600. The van der Waals surface area contributed by atoms with E-state index >= 15 is 0 Å². The summed E-state index contributed by atoms with van der Waals surface area (Å²) in [5, 5.41) is 0.743. The number of hydrogen-bond acceptors (Lipinski definition) is 6. The Labute approximate surface area is 177 Å². The van der Waals surface area contributed by atoms with Crippen molar-refractivity contribution < 1.29 is 14.3 Å². The van der Waals surface area contributed by atoms with Crippen LogP contribution in [0.3, 0.4) is 0 Å². The van der Waals surface area contributed by atoms with Gasteiger partial charge in [-0.15, -0.1) is 11.3 Å². The van der Waals surface area contributed by atoms with Crippen LogP contribution in [-0.4, -0.2) is 52.3 Å². The van der Waals surface area contributed by atoms with Gasteiger partial charge in [-0.1, -0.05) is 0 Å². The highest BCUT2D eigenvalue weighted by Gasteiger charge is 2.40. The summed E-state index contributed by atoms with van der Waals surface area (Å²) in [6.07, 6.45) is 7.27. The van der Waals surface area contributed by atoms with E-state index in [1.807, 2.05) is 4.90 Å². The maximum Gasteiger partial charge on any atom is 0.266 e. The normalized spacial score (nSPS) is 20.9. The number of carbonyl (C=O) groups is 1. The number of pyridine rings is 1. The van der Waals surface area contributed by atoms with Gasteiger partial charge in [-0.05, 0) is 43.4 Å². The second-order valence-corrected chi connectivity index (χ2v) is 9.44. The summed E-state index contributed by atoms with van der Waals surface area (Å²) >= 11 is 1.65. The first kappa shape index (κ1) is 18.5. The molecule has 6 rings (SSSR count). The SMILES string of the molecule is O=C(c1ccc2nc3sc4c(c3c(=O)n2c1)CCCC4)N1CCC2(CC1)OCCO2. The van der Waals surface area contributed by atoms with Crippen molar-refractivity contribution >= 4 is 33.1 Å². The van der Waals surface area contributed by atoms with Crippen LogP contribution < -0.4 is 5.56 Å². The van der Waals surface area contributed by atoms with Gasteiger partial charge in [0, 0.05) is 37.0 Å². The number of amides is 1. The molecule has 2 aliphatic heterocycles. The van der Waals surface area contributed by atoms with Crippen molar-refractivity contribution in [3.05, 3.63) is 44.7 Å². The molecule has 0 saturated carbocycles. The van der Waals surface area contributed by atoms with Gasteiger partial charge in [0.05, 0.1) is 24.2 Å². The van der Waals surface area contributed by atoms with Crippen molar-refractivity contribution in [2.75, 3.05) is 26.3 Å². The van der Waals surface area contributed by atoms with E-state index in [9.17, 15) is 9.59 Å². The Morgan fingerprint density at radius 1 is 1.10 bits per heavy atom. The highest BCUT2D eigenvalue weighted by Crippen LogP contribution is 2.34. The molecule has 0 bridgehead atoms. The maximum atomic E-state index is 13.3. The van der Waals surface area contributed by atoms with E-state index in [1.54, 1.807) is 34.1 Å². The summed E-state index contributed by atoms with van der Waals surface area (Å²) in [6.45, 7) is 2.41. The first-order chi connectivity index (χ1) is 14.6. The standard InChI is InChI=1S/C22H23N3O4S/c26-20(24-9-7-22(8-10-24)28-11-12-29-22)14-5-6-17-23-19-18(21(27)25(17)13-14)15-3-1-2-4-16(15)30-19/h5-6,13H,1-4,7-12H2. The molecule has 2 saturated heterocycles. The minimum atomic E-state index is -0.509. The molecule has 3 aromatic rings. The number of rotatable bonds is 1. The molecule has 3 aromatic heterocycles. The van der Waals surface area contributed by atoms with Crippen LogP contribution in [0.1, 0.15) is 46.5 Å². The molecule has 1 amide bonds. The largest absolute Gasteiger partial charge is 0.347 e. The van der Waals surface area contributed by atoms with Crippen LogP contribution in [-0.2, 0) is 22.3 Å². The Kier molecular flexibility index (Phi) is 4.23. The van der Waals surface area contributed by atoms with Crippen molar-refractivity contribution in [3.8, 4) is 0 Å². The number of hydrogen-bond donors (Lipinski definition) is 0. The number of fused-ring (bicyclic) bond motifs is 4. The molecular weight excluding hydrogens is 402 g/mol. The van der Waals surface area contributed by atoms with E-state index in [-0.39, 0.29) is 11.5 Å². The highest BCUT2D eigenvalue weighted by atomic mass is 32.1. The molecule has 0 N–H and O–H groups in total. The van der Waals surface area contributed by atoms with Gasteiger partial charge in [-0.3, -0.25) is 14.0 Å². The molecule has 156 valence electrons. The van der Waals surface area contributed by atoms with E-state index in [2.05, 4.69) is 0 Å². The molecule has 1 aliphatic carbocycles. The molecule has 8 heteroatoms. The van der Waals surface area contributed by atoms with Crippen molar-refractivity contribution in [2.24, 2.45) is 0 Å². The first-order valence-electron chi connectivity index (χ1n) is 10.7. The fourth-order valence-electron chi connectivity index (χ4n) is 4.97. The van der Waals surface area contributed by atoms with Crippen LogP contribution in [0, 0.1) is 0 Å². The summed E-state index contributed by atoms with van der Waals surface area (Å²) in [6, 6.07) is 3.55. The second kappa shape index (κ2) is 6.87. The first-order valence-corrected chi connectivity index (χ1v) is 11.5. The predicted molar refractivity (Wildman–Crippen MR) is 113 cm³/mol. The Morgan fingerprint density at radius 2 is 1.87 bits per heavy atom. The Bertz CT molecular complexity index is 1210. The number of aromatic nitrogens is 2. The number of thiophene rings is 1. The molecule has 0 radical (unpaired) electrons. The topological polar surface area (TPSA) is 73.1 Å². The monoisotopic (exact) mass is 425 g/mol. The molecule has 2 fully saturated rings. The van der Waals surface area contributed by atoms with Gasteiger partial charge in [0.1, 0.15) is 10.5 Å². The highest BCUT2D eigenvalue weighted by molar-refractivity contribution is 7.18. The van der Waals surface area contributed by atoms with Crippen LogP contribution in [0.25, 0.3) is 15.9 Å². The van der Waals surface area contributed by atoms with Crippen molar-refractivity contribution in [1.29, 1.82) is 0 Å². The predicted octanol–water partition coefficient (Wildman–Crippen LogP) is 2.77. The lowest BCUT2D eigenvalue weighted by Gasteiger charge is -2.37. The zero-order valence-electron chi connectivity index (χ0n) is 16.7. The number of nitrogens with zero attached hydrogens (tertiary/aromatic N) is 3. The molecule has 0 atom stereocenters. The summed E-state index contributed by atoms with van der Waals surface area (Å²) in [5.41, 5.74) is 2.21. The number of carbonyl (C=O) groups excluding carboxylic acids is 1. The molecule has 0 aromatic carbocycles. The zero-order chi connectivity index (χ0) is 20.3. The molecule has 0 unspecified atom stereocenters. The van der Waals surface area contributed by atoms with Gasteiger partial charge in [-0.2, -0.15) is 0 Å². The Balaban J connectivity index is 1.35. The Hall–Kier alpha value is -2.29. The van der Waals surface area contributed by atoms with Crippen LogP contribution in [0.4, 0.5) is 0 Å². The number of ether oxygens (including phenoxy) is 2. The summed E-state index contributed by atoms with van der Waals surface area (Å²) < 4.78 is 13.1. The minimum Gasteiger partial charge on any atom is -0.347 e. The van der Waals surface area contributed by atoms with Gasteiger partial charge >= 0.3 is 0 Å². The fraction of sp³-hybridized carbons (Fsp3) is 0.500. The molecule has 1 spiro atoms. The van der Waals surface area contributed by atoms with Gasteiger partial charge in [0.15, 0.2) is 5.79 Å². The number of aryl methyl sites for hydroxylation is 2. The van der Waals surface area contributed by atoms with Crippen molar-refractivity contribution in [2.45, 2.75) is 44.3 Å². The number of likely N-dealkylation sites (tertiary alicyclic amines) is 1. The molecule has 3 aliphatic rings. The molecule has 5 heterocycles. The van der Waals surface area contributed by atoms with Gasteiger partial charge in [0.2, 0.25) is 0 Å². The Morgan fingerprint density at radius 3 is 2.67 bits per heavy atom. The lowest BCUT2D eigenvalue weighted by molar-refractivity contribution is -0.181. The van der Waals surface area contributed by atoms with Crippen LogP contribution in [0.2, 0.25) is 0 Å². The third-order valence-electron chi connectivity index (χ3n) is 6.60. The molecule has 30 heavy (non-hydrogen) atoms. The maximum absolute atomic E-state index is 13.3. The number of piperidine rings is 1. The summed E-state index contributed by atoms with van der Waals surface area (Å²) in [7, 11) is 0. The van der Waals surface area contributed by atoms with E-state index < -0.39 is 5.79 Å². The van der Waals surface area contributed by atoms with Crippen molar-refractivity contribution in [3.63, 3.8) is 0 Å². The molecule has 7 nitrogen and oxygen atoms in total. The average Bonchev–Trinajstić information content (AvgIpc) is 3.38. The van der Waals surface area contributed by atoms with Gasteiger partial charge in [0.25, 0.3) is 11.5 Å². The lowest BCUT2D eigenvalue weighted by atomic mass is 9.97. The van der Waals surface area contributed by atoms with E-state index in [0.717, 1.165) is 29.5 Å².